The number of hydrogen-bond donors (Lipinski definition) is 2. The zero-order valence-corrected chi connectivity index (χ0v) is 13.8. The van der Waals surface area contributed by atoms with Crippen LogP contribution in [-0.4, -0.2) is 67.6 Å². The van der Waals surface area contributed by atoms with E-state index in [2.05, 4.69) is 22.6 Å². The van der Waals surface area contributed by atoms with Crippen molar-refractivity contribution >= 4 is 11.9 Å². The maximum Gasteiger partial charge on any atom is 0.315 e. The third kappa shape index (κ3) is 5.83. The third-order valence-corrected chi connectivity index (χ3v) is 4.64. The molecule has 0 aliphatic carbocycles. The summed E-state index contributed by atoms with van der Waals surface area (Å²) in [6, 6.07) is 0.121. The summed E-state index contributed by atoms with van der Waals surface area (Å²) in [5.74, 6) is 0.168. The Hall–Kier alpha value is -1.30. The van der Waals surface area contributed by atoms with Gasteiger partial charge < -0.3 is 20.4 Å². The van der Waals surface area contributed by atoms with Gasteiger partial charge >= 0.3 is 6.03 Å². The zero-order chi connectivity index (χ0) is 15.8. The summed E-state index contributed by atoms with van der Waals surface area (Å²) >= 11 is 0. The lowest BCUT2D eigenvalue weighted by molar-refractivity contribution is -0.131. The van der Waals surface area contributed by atoms with Crippen LogP contribution in [-0.2, 0) is 4.79 Å². The summed E-state index contributed by atoms with van der Waals surface area (Å²) < 4.78 is 0. The van der Waals surface area contributed by atoms with Crippen LogP contribution in [0.3, 0.4) is 0 Å². The molecule has 2 aliphatic heterocycles. The van der Waals surface area contributed by atoms with Crippen LogP contribution in [0.25, 0.3) is 0 Å². The molecule has 3 amide bonds. The van der Waals surface area contributed by atoms with Gasteiger partial charge in [0.05, 0.1) is 0 Å². The summed E-state index contributed by atoms with van der Waals surface area (Å²) in [7, 11) is 2.10. The Balaban J connectivity index is 1.59. The van der Waals surface area contributed by atoms with Crippen LogP contribution >= 0.6 is 0 Å². The van der Waals surface area contributed by atoms with Crippen LogP contribution < -0.4 is 10.6 Å². The fourth-order valence-electron chi connectivity index (χ4n) is 3.15. The number of rotatable bonds is 4. The van der Waals surface area contributed by atoms with Gasteiger partial charge in [0.15, 0.2) is 0 Å². The largest absolute Gasteiger partial charge is 0.343 e. The summed E-state index contributed by atoms with van der Waals surface area (Å²) in [4.78, 5) is 28.2. The minimum Gasteiger partial charge on any atom is -0.343 e. The molecule has 0 bridgehead atoms. The highest BCUT2D eigenvalue weighted by molar-refractivity contribution is 5.78. The van der Waals surface area contributed by atoms with E-state index in [4.69, 9.17) is 0 Å². The van der Waals surface area contributed by atoms with Gasteiger partial charge in [-0.2, -0.15) is 0 Å². The molecule has 2 rings (SSSR count). The molecule has 2 fully saturated rings. The molecule has 2 N–H and O–H groups in total. The predicted molar refractivity (Wildman–Crippen MR) is 86.7 cm³/mol. The van der Waals surface area contributed by atoms with Crippen molar-refractivity contribution in [3.8, 4) is 0 Å². The van der Waals surface area contributed by atoms with Crippen molar-refractivity contribution in [1.29, 1.82) is 0 Å². The first kappa shape index (κ1) is 17.1. The Labute approximate surface area is 133 Å². The van der Waals surface area contributed by atoms with E-state index < -0.39 is 0 Å². The Morgan fingerprint density at radius 1 is 1.00 bits per heavy atom. The summed E-state index contributed by atoms with van der Waals surface area (Å²) in [6.45, 7) is 4.23. The van der Waals surface area contributed by atoms with E-state index in [0.717, 1.165) is 51.9 Å². The lowest BCUT2D eigenvalue weighted by Gasteiger charge is -2.29. The molecule has 22 heavy (non-hydrogen) atoms. The van der Waals surface area contributed by atoms with Crippen molar-refractivity contribution in [3.05, 3.63) is 0 Å². The molecule has 126 valence electrons. The third-order valence-electron chi connectivity index (χ3n) is 4.64. The normalized spacial score (nSPS) is 21.2. The number of nitrogens with one attached hydrogen (secondary N) is 2. The lowest BCUT2D eigenvalue weighted by Crippen LogP contribution is -2.47. The first-order valence-corrected chi connectivity index (χ1v) is 8.66. The maximum absolute atomic E-state index is 12.1. The SMILES string of the molecule is CN1CCC(NC(=O)NCCC(=O)N2CCCCCC2)CC1. The average molecular weight is 310 g/mol. The number of nitrogens with zero attached hydrogens (tertiary/aromatic N) is 2. The van der Waals surface area contributed by atoms with Crippen LogP contribution in [0.5, 0.6) is 0 Å². The second-order valence-electron chi connectivity index (χ2n) is 6.52. The fourth-order valence-corrected chi connectivity index (χ4v) is 3.15. The van der Waals surface area contributed by atoms with E-state index in [1.54, 1.807) is 0 Å². The van der Waals surface area contributed by atoms with E-state index in [0.29, 0.717) is 13.0 Å². The highest BCUT2D eigenvalue weighted by Crippen LogP contribution is 2.10. The Kier molecular flexibility index (Phi) is 6.96. The summed E-state index contributed by atoms with van der Waals surface area (Å²) in [6.07, 6.45) is 7.06. The highest BCUT2D eigenvalue weighted by atomic mass is 16.2. The monoisotopic (exact) mass is 310 g/mol. The molecule has 0 radical (unpaired) electrons. The lowest BCUT2D eigenvalue weighted by atomic mass is 10.1. The van der Waals surface area contributed by atoms with Gasteiger partial charge in [-0.25, -0.2) is 4.79 Å². The van der Waals surface area contributed by atoms with Crippen molar-refractivity contribution < 1.29 is 9.59 Å². The van der Waals surface area contributed by atoms with E-state index in [1.165, 1.54) is 12.8 Å². The van der Waals surface area contributed by atoms with Gasteiger partial charge in [-0.1, -0.05) is 12.8 Å². The Morgan fingerprint density at radius 2 is 1.64 bits per heavy atom. The predicted octanol–water partition coefficient (Wildman–Crippen LogP) is 1.17. The number of piperidine rings is 1. The minimum absolute atomic E-state index is 0.141. The molecule has 0 spiro atoms. The van der Waals surface area contributed by atoms with Gasteiger partial charge in [-0.3, -0.25) is 4.79 Å². The number of carbonyl (C=O) groups excluding carboxylic acids is 2. The highest BCUT2D eigenvalue weighted by Gasteiger charge is 2.19. The number of likely N-dealkylation sites (tertiary alicyclic amines) is 2. The molecule has 6 nitrogen and oxygen atoms in total. The van der Waals surface area contributed by atoms with Crippen LogP contribution in [0, 0.1) is 0 Å². The van der Waals surface area contributed by atoms with Crippen LogP contribution in [0.2, 0.25) is 0 Å². The van der Waals surface area contributed by atoms with Crippen LogP contribution in [0.15, 0.2) is 0 Å². The van der Waals surface area contributed by atoms with E-state index in [9.17, 15) is 9.59 Å². The van der Waals surface area contributed by atoms with Gasteiger partial charge in [0.25, 0.3) is 0 Å². The molecule has 0 atom stereocenters. The van der Waals surface area contributed by atoms with Crippen molar-refractivity contribution in [2.45, 2.75) is 51.0 Å². The number of amides is 3. The molecule has 2 aliphatic rings. The fraction of sp³-hybridized carbons (Fsp3) is 0.875. The molecule has 6 heteroatoms. The van der Waals surface area contributed by atoms with Gasteiger partial charge in [0.2, 0.25) is 5.91 Å². The first-order valence-electron chi connectivity index (χ1n) is 8.66. The average Bonchev–Trinajstić information content (AvgIpc) is 2.79. The Bertz CT molecular complexity index is 359. The number of hydrogen-bond acceptors (Lipinski definition) is 3. The zero-order valence-electron chi connectivity index (χ0n) is 13.8. The van der Waals surface area contributed by atoms with E-state index in [-0.39, 0.29) is 18.0 Å². The van der Waals surface area contributed by atoms with Crippen molar-refractivity contribution in [2.24, 2.45) is 0 Å². The van der Waals surface area contributed by atoms with Gasteiger partial charge in [0, 0.05) is 32.1 Å². The van der Waals surface area contributed by atoms with E-state index >= 15 is 0 Å². The number of carbonyl (C=O) groups is 2. The smallest absolute Gasteiger partial charge is 0.315 e. The molecular weight excluding hydrogens is 280 g/mol. The van der Waals surface area contributed by atoms with Crippen LogP contribution in [0.4, 0.5) is 4.79 Å². The topological polar surface area (TPSA) is 64.7 Å². The molecule has 2 saturated heterocycles. The minimum atomic E-state index is -0.141. The standard InChI is InChI=1S/C16H30N4O2/c1-19-12-7-14(8-13-19)18-16(22)17-9-6-15(21)20-10-4-2-3-5-11-20/h14H,2-13H2,1H3,(H2,17,18,22). The Morgan fingerprint density at radius 3 is 2.27 bits per heavy atom. The van der Waals surface area contributed by atoms with Crippen molar-refractivity contribution in [2.75, 3.05) is 39.8 Å². The molecule has 0 aromatic heterocycles. The summed E-state index contributed by atoms with van der Waals surface area (Å²) in [5, 5.41) is 5.82. The molecule has 0 saturated carbocycles. The van der Waals surface area contributed by atoms with Gasteiger partial charge in [-0.15, -0.1) is 0 Å². The molecule has 0 aromatic rings. The van der Waals surface area contributed by atoms with Crippen molar-refractivity contribution in [3.63, 3.8) is 0 Å². The first-order chi connectivity index (χ1) is 10.6. The molecular formula is C16H30N4O2. The maximum atomic E-state index is 12.1. The van der Waals surface area contributed by atoms with Crippen molar-refractivity contribution in [1.82, 2.24) is 20.4 Å². The second-order valence-corrected chi connectivity index (χ2v) is 6.52. The number of urea groups is 1. The molecule has 0 aromatic carbocycles. The van der Waals surface area contributed by atoms with Crippen LogP contribution in [0.1, 0.15) is 44.9 Å². The quantitative estimate of drug-likeness (QED) is 0.819. The summed E-state index contributed by atoms with van der Waals surface area (Å²) in [5.41, 5.74) is 0. The van der Waals surface area contributed by atoms with Gasteiger partial charge in [0.1, 0.15) is 0 Å². The molecule has 0 unspecified atom stereocenters. The second kappa shape index (κ2) is 8.98. The molecule has 2 heterocycles. The van der Waals surface area contributed by atoms with Gasteiger partial charge in [-0.05, 0) is 45.8 Å². The van der Waals surface area contributed by atoms with E-state index in [1.807, 2.05) is 4.90 Å².